The molecule has 186 valence electrons. The van der Waals surface area contributed by atoms with E-state index < -0.39 is 38.4 Å². The number of phosphoric acid groups is 2. The number of halogens is 2. The summed E-state index contributed by atoms with van der Waals surface area (Å²) in [5, 5.41) is 20.2. The quantitative estimate of drug-likeness (QED) is 0.427. The number of benzene rings is 1. The summed E-state index contributed by atoms with van der Waals surface area (Å²) >= 11 is 6.66. The molecule has 6 fully saturated rings. The predicted molar refractivity (Wildman–Crippen MR) is 119 cm³/mol. The average molecular weight is 648 g/mol. The SMILES string of the molecule is O=C(O)c1c(Br)c(CC23COP(=O)(OC2)OC3)c(C(=O)O)c(Br)c1CC12COP(=O)(OC1)OC2. The van der Waals surface area contributed by atoms with Gasteiger partial charge < -0.3 is 10.2 Å². The third-order valence-electron chi connectivity index (χ3n) is 6.28. The Hall–Kier alpha value is -0.660. The van der Waals surface area contributed by atoms with Gasteiger partial charge in [-0.1, -0.05) is 0 Å². The Morgan fingerprint density at radius 3 is 1.18 bits per heavy atom. The smallest absolute Gasteiger partial charge is 0.474 e. The number of fused-ring (bicyclic) bond motifs is 6. The van der Waals surface area contributed by atoms with Gasteiger partial charge in [0.15, 0.2) is 0 Å². The van der Waals surface area contributed by atoms with E-state index in [9.17, 15) is 28.9 Å². The van der Waals surface area contributed by atoms with Crippen molar-refractivity contribution in [2.75, 3.05) is 39.6 Å². The van der Waals surface area contributed by atoms with Gasteiger partial charge in [0.25, 0.3) is 0 Å². The molecule has 6 aliphatic rings. The van der Waals surface area contributed by atoms with E-state index >= 15 is 0 Å². The third kappa shape index (κ3) is 4.15. The molecule has 0 spiro atoms. The first-order valence-corrected chi connectivity index (χ1v) is 14.5. The Bertz CT molecular complexity index is 1050. The minimum absolute atomic E-state index is 0.00668. The van der Waals surface area contributed by atoms with E-state index in [4.69, 9.17) is 27.1 Å². The van der Waals surface area contributed by atoms with E-state index in [1.807, 2.05) is 0 Å². The summed E-state index contributed by atoms with van der Waals surface area (Å²) in [4.78, 5) is 24.7. The maximum absolute atomic E-state index is 12.4. The monoisotopic (exact) mass is 646 g/mol. The van der Waals surface area contributed by atoms with Crippen molar-refractivity contribution in [3.05, 3.63) is 31.2 Å². The van der Waals surface area contributed by atoms with Crippen molar-refractivity contribution < 1.29 is 56.1 Å². The van der Waals surface area contributed by atoms with Crippen molar-refractivity contribution >= 4 is 59.4 Å². The lowest BCUT2D eigenvalue weighted by Gasteiger charge is -2.45. The van der Waals surface area contributed by atoms with Gasteiger partial charge in [0, 0.05) is 19.8 Å². The minimum atomic E-state index is -3.58. The fourth-order valence-corrected chi connectivity index (χ4v) is 8.92. The summed E-state index contributed by atoms with van der Waals surface area (Å²) in [6.45, 7) is 0.0401. The van der Waals surface area contributed by atoms with Crippen LogP contribution in [0.2, 0.25) is 0 Å². The molecule has 0 aliphatic carbocycles. The molecule has 1 aromatic rings. The predicted octanol–water partition coefficient (Wildman–Crippen LogP) is 4.04. The van der Waals surface area contributed by atoms with Gasteiger partial charge in [0.2, 0.25) is 0 Å². The van der Waals surface area contributed by atoms with E-state index in [1.54, 1.807) is 0 Å². The number of rotatable bonds is 6. The molecule has 0 unspecified atom stereocenters. The molecule has 4 bridgehead atoms. The molecule has 16 heteroatoms. The zero-order chi connectivity index (χ0) is 24.5. The number of carboxylic acids is 2. The molecule has 0 radical (unpaired) electrons. The van der Waals surface area contributed by atoms with Gasteiger partial charge >= 0.3 is 27.6 Å². The zero-order valence-corrected chi connectivity index (χ0v) is 22.2. The van der Waals surface area contributed by atoms with Gasteiger partial charge in [-0.25, -0.2) is 18.7 Å². The zero-order valence-electron chi connectivity index (χ0n) is 17.3. The Balaban J connectivity index is 1.59. The molecular weight excluding hydrogens is 630 g/mol. The molecule has 0 amide bonds. The lowest BCUT2D eigenvalue weighted by atomic mass is 9.78. The van der Waals surface area contributed by atoms with Crippen LogP contribution in [0.3, 0.4) is 0 Å². The molecule has 7 rings (SSSR count). The van der Waals surface area contributed by atoms with Gasteiger partial charge in [0.05, 0.1) is 50.8 Å². The second kappa shape index (κ2) is 8.44. The summed E-state index contributed by atoms with van der Waals surface area (Å²) in [6, 6.07) is 0. The number of aromatic carboxylic acids is 2. The van der Waals surface area contributed by atoms with E-state index in [1.165, 1.54) is 0 Å². The van der Waals surface area contributed by atoms with Crippen LogP contribution < -0.4 is 0 Å². The highest BCUT2D eigenvalue weighted by atomic mass is 79.9. The topological polar surface area (TPSA) is 164 Å². The van der Waals surface area contributed by atoms with E-state index in [0.29, 0.717) is 0 Å². The van der Waals surface area contributed by atoms with Crippen LogP contribution in [0, 0.1) is 10.8 Å². The summed E-state index contributed by atoms with van der Waals surface area (Å²) in [5.41, 5.74) is -1.58. The Labute approximate surface area is 209 Å². The Kier molecular flexibility index (Phi) is 6.21. The van der Waals surface area contributed by atoms with Crippen LogP contribution in [0.5, 0.6) is 0 Å². The lowest BCUT2D eigenvalue weighted by Crippen LogP contribution is -2.47. The molecule has 1 aromatic carbocycles. The second-order valence-corrected chi connectivity index (χ2v) is 13.8. The first-order chi connectivity index (χ1) is 15.9. The van der Waals surface area contributed by atoms with Crippen LogP contribution in [0.1, 0.15) is 31.8 Å². The van der Waals surface area contributed by atoms with Gasteiger partial charge in [-0.3, -0.25) is 27.1 Å². The normalized spacial score (nSPS) is 36.5. The average Bonchev–Trinajstić information content (AvgIpc) is 2.79. The van der Waals surface area contributed by atoms with Crippen LogP contribution in [0.25, 0.3) is 0 Å². The number of phosphoric ester groups is 2. The second-order valence-electron chi connectivity index (χ2n) is 8.83. The molecule has 6 aliphatic heterocycles. The van der Waals surface area contributed by atoms with E-state index in [0.717, 1.165) is 0 Å². The minimum Gasteiger partial charge on any atom is -0.478 e. The number of hydrogen-bond acceptors (Lipinski definition) is 10. The van der Waals surface area contributed by atoms with Gasteiger partial charge in [-0.05, 0) is 55.8 Å². The number of hydrogen-bond donors (Lipinski definition) is 2. The van der Waals surface area contributed by atoms with Crippen LogP contribution in [-0.2, 0) is 49.1 Å². The summed E-state index contributed by atoms with van der Waals surface area (Å²) < 4.78 is 55.6. The maximum Gasteiger partial charge on any atom is 0.474 e. The number of carboxylic acid groups (broad SMARTS) is 2. The van der Waals surface area contributed by atoms with Crippen LogP contribution in [0.15, 0.2) is 8.95 Å². The summed E-state index contributed by atoms with van der Waals surface area (Å²) in [5.74, 6) is -2.56. The van der Waals surface area contributed by atoms with Crippen molar-refractivity contribution in [3.63, 3.8) is 0 Å². The van der Waals surface area contributed by atoms with E-state index in [-0.39, 0.29) is 83.7 Å². The first-order valence-electron chi connectivity index (χ1n) is 9.96. The highest BCUT2D eigenvalue weighted by molar-refractivity contribution is 9.11. The molecule has 2 N–H and O–H groups in total. The van der Waals surface area contributed by atoms with Crippen molar-refractivity contribution in [3.8, 4) is 0 Å². The van der Waals surface area contributed by atoms with Crippen LogP contribution >= 0.6 is 47.5 Å². The summed E-state index contributed by atoms with van der Waals surface area (Å²) in [6.07, 6.45) is 0.0517. The lowest BCUT2D eigenvalue weighted by molar-refractivity contribution is -0.0941. The maximum atomic E-state index is 12.4. The molecule has 0 atom stereocenters. The van der Waals surface area contributed by atoms with Crippen molar-refractivity contribution in [2.45, 2.75) is 12.8 Å². The van der Waals surface area contributed by atoms with E-state index in [2.05, 4.69) is 31.9 Å². The van der Waals surface area contributed by atoms with Gasteiger partial charge in [-0.2, -0.15) is 0 Å². The highest BCUT2D eigenvalue weighted by Crippen LogP contribution is 2.62. The van der Waals surface area contributed by atoms with Crippen molar-refractivity contribution in [2.24, 2.45) is 10.8 Å². The standard InChI is InChI=1S/C18H18Br2O12P2/c19-13-9(1-17-3-27-33(25,28-4-17)29-5-17)11(15(21)22)14(20)10(12(13)16(23)24)2-18-6-30-34(26,31-7-18)32-8-18/h1-8H2,(H,21,22)(H,23,24). The van der Waals surface area contributed by atoms with Crippen LogP contribution in [0.4, 0.5) is 0 Å². The highest BCUT2D eigenvalue weighted by Gasteiger charge is 2.53. The molecule has 34 heavy (non-hydrogen) atoms. The van der Waals surface area contributed by atoms with Crippen molar-refractivity contribution in [1.29, 1.82) is 0 Å². The Morgan fingerprint density at radius 2 is 0.941 bits per heavy atom. The summed E-state index contributed by atoms with van der Waals surface area (Å²) in [7, 11) is -7.16. The molecule has 0 saturated carbocycles. The molecule has 6 heterocycles. The fraction of sp³-hybridized carbons (Fsp3) is 0.556. The molecular formula is C18H18Br2O12P2. The number of carbonyl (C=O) groups is 2. The Morgan fingerprint density at radius 1 is 0.676 bits per heavy atom. The molecule has 12 nitrogen and oxygen atoms in total. The molecule has 6 saturated heterocycles. The van der Waals surface area contributed by atoms with Crippen molar-refractivity contribution in [1.82, 2.24) is 0 Å². The fourth-order valence-electron chi connectivity index (χ4n) is 4.39. The van der Waals surface area contributed by atoms with Crippen LogP contribution in [-0.4, -0.2) is 61.8 Å². The van der Waals surface area contributed by atoms with Gasteiger partial charge in [-0.15, -0.1) is 0 Å². The first kappa shape index (κ1) is 25.0. The molecule has 0 aromatic heterocycles. The largest absolute Gasteiger partial charge is 0.478 e. The van der Waals surface area contributed by atoms with Gasteiger partial charge in [0.1, 0.15) is 0 Å². The third-order valence-corrected chi connectivity index (χ3v) is 10.7.